The van der Waals surface area contributed by atoms with Crippen molar-refractivity contribution in [3.05, 3.63) is 34.4 Å². The van der Waals surface area contributed by atoms with Crippen LogP contribution in [-0.2, 0) is 6.54 Å². The van der Waals surface area contributed by atoms with E-state index in [1.54, 1.807) is 0 Å². The molecule has 0 bridgehead atoms. The number of rotatable bonds is 7. The molecule has 2 N–H and O–H groups in total. The van der Waals surface area contributed by atoms with E-state index in [2.05, 4.69) is 10.6 Å². The van der Waals surface area contributed by atoms with Crippen molar-refractivity contribution in [1.82, 2.24) is 10.6 Å². The van der Waals surface area contributed by atoms with Gasteiger partial charge >= 0.3 is 0 Å². The van der Waals surface area contributed by atoms with Crippen molar-refractivity contribution >= 4 is 11.6 Å². The Bertz CT molecular complexity index is 359. The summed E-state index contributed by atoms with van der Waals surface area (Å²) in [5.41, 5.74) is 0.301. The highest BCUT2D eigenvalue weighted by Gasteiger charge is 2.07. The number of benzene rings is 1. The maximum atomic E-state index is 13.4. The molecule has 1 aromatic rings. The van der Waals surface area contributed by atoms with Gasteiger partial charge in [0.25, 0.3) is 0 Å². The SMILES string of the molecule is CCNCCCNCc1cc(F)c(Cl)cc1F. The molecule has 0 unspecified atom stereocenters. The number of nitrogens with one attached hydrogen (secondary N) is 2. The van der Waals surface area contributed by atoms with Crippen molar-refractivity contribution in [2.75, 3.05) is 19.6 Å². The second kappa shape index (κ2) is 7.58. The lowest BCUT2D eigenvalue weighted by Gasteiger charge is -2.07. The lowest BCUT2D eigenvalue weighted by molar-refractivity contribution is 0.559. The molecule has 0 amide bonds. The van der Waals surface area contributed by atoms with Crippen LogP contribution in [0.4, 0.5) is 8.78 Å². The van der Waals surface area contributed by atoms with E-state index >= 15 is 0 Å². The van der Waals surface area contributed by atoms with Crippen LogP contribution in [-0.4, -0.2) is 19.6 Å². The minimum atomic E-state index is -0.586. The van der Waals surface area contributed by atoms with Gasteiger partial charge in [-0.1, -0.05) is 18.5 Å². The number of halogens is 3. The molecule has 0 fully saturated rings. The van der Waals surface area contributed by atoms with Gasteiger partial charge in [0.1, 0.15) is 11.6 Å². The Morgan fingerprint density at radius 3 is 2.53 bits per heavy atom. The van der Waals surface area contributed by atoms with E-state index in [9.17, 15) is 8.78 Å². The van der Waals surface area contributed by atoms with E-state index in [-0.39, 0.29) is 5.02 Å². The Balaban J connectivity index is 2.34. The molecule has 0 atom stereocenters. The fourth-order valence-electron chi connectivity index (χ4n) is 1.44. The Hall–Kier alpha value is -0.710. The molecular formula is C12H17ClF2N2. The highest BCUT2D eigenvalue weighted by molar-refractivity contribution is 6.30. The van der Waals surface area contributed by atoms with Gasteiger partial charge < -0.3 is 10.6 Å². The Labute approximate surface area is 105 Å². The van der Waals surface area contributed by atoms with Gasteiger partial charge in [0.15, 0.2) is 0 Å². The van der Waals surface area contributed by atoms with Crippen molar-refractivity contribution in [2.45, 2.75) is 19.9 Å². The molecular weight excluding hydrogens is 246 g/mol. The summed E-state index contributed by atoms with van der Waals surface area (Å²) in [6.45, 7) is 4.97. The first-order chi connectivity index (χ1) is 8.15. The smallest absolute Gasteiger partial charge is 0.142 e. The molecule has 0 aliphatic carbocycles. The standard InChI is InChI=1S/C12H17ClF2N2/c1-2-16-4-3-5-17-8-9-6-12(15)10(13)7-11(9)14/h6-7,16-17H,2-5,8H2,1H3. The minimum Gasteiger partial charge on any atom is -0.317 e. The van der Waals surface area contributed by atoms with Crippen molar-refractivity contribution in [1.29, 1.82) is 0 Å². The van der Waals surface area contributed by atoms with E-state index in [0.29, 0.717) is 12.1 Å². The van der Waals surface area contributed by atoms with Crippen LogP contribution < -0.4 is 10.6 Å². The Morgan fingerprint density at radius 2 is 1.82 bits per heavy atom. The van der Waals surface area contributed by atoms with Gasteiger partial charge in [0, 0.05) is 12.1 Å². The van der Waals surface area contributed by atoms with Crippen LogP contribution in [0.1, 0.15) is 18.9 Å². The molecule has 0 aliphatic heterocycles. The average molecular weight is 263 g/mol. The van der Waals surface area contributed by atoms with Crippen LogP contribution in [0, 0.1) is 11.6 Å². The molecule has 0 aliphatic rings. The van der Waals surface area contributed by atoms with Crippen LogP contribution in [0.5, 0.6) is 0 Å². The summed E-state index contributed by atoms with van der Waals surface area (Å²) in [5, 5.41) is 6.06. The molecule has 0 saturated carbocycles. The zero-order chi connectivity index (χ0) is 12.7. The first-order valence-electron chi connectivity index (χ1n) is 5.70. The molecule has 17 heavy (non-hydrogen) atoms. The molecule has 0 aromatic heterocycles. The number of hydrogen-bond acceptors (Lipinski definition) is 2. The number of hydrogen-bond donors (Lipinski definition) is 2. The van der Waals surface area contributed by atoms with Crippen LogP contribution in [0.25, 0.3) is 0 Å². The minimum absolute atomic E-state index is 0.182. The second-order valence-corrected chi connectivity index (χ2v) is 4.15. The van der Waals surface area contributed by atoms with Crippen molar-refractivity contribution in [2.24, 2.45) is 0 Å². The van der Waals surface area contributed by atoms with E-state index in [1.165, 1.54) is 0 Å². The van der Waals surface area contributed by atoms with Crippen molar-refractivity contribution in [3.63, 3.8) is 0 Å². The summed E-state index contributed by atoms with van der Waals surface area (Å²) >= 11 is 5.46. The summed E-state index contributed by atoms with van der Waals surface area (Å²) in [6, 6.07) is 2.14. The van der Waals surface area contributed by atoms with Gasteiger partial charge in [-0.2, -0.15) is 0 Å². The molecule has 1 aromatic carbocycles. The van der Waals surface area contributed by atoms with Gasteiger partial charge in [0.05, 0.1) is 5.02 Å². The zero-order valence-corrected chi connectivity index (χ0v) is 10.6. The summed E-state index contributed by atoms with van der Waals surface area (Å²) in [7, 11) is 0. The third-order valence-electron chi connectivity index (χ3n) is 2.36. The monoisotopic (exact) mass is 262 g/mol. The quantitative estimate of drug-likeness (QED) is 0.583. The van der Waals surface area contributed by atoms with Crippen LogP contribution >= 0.6 is 11.6 Å². The molecule has 0 spiro atoms. The van der Waals surface area contributed by atoms with Crippen molar-refractivity contribution < 1.29 is 8.78 Å². The van der Waals surface area contributed by atoms with Gasteiger partial charge in [-0.25, -0.2) is 8.78 Å². The summed E-state index contributed by atoms with van der Waals surface area (Å²) in [5.74, 6) is -1.06. The van der Waals surface area contributed by atoms with E-state index in [4.69, 9.17) is 11.6 Å². The highest BCUT2D eigenvalue weighted by Crippen LogP contribution is 2.19. The fourth-order valence-corrected chi connectivity index (χ4v) is 1.59. The molecule has 0 heterocycles. The topological polar surface area (TPSA) is 24.1 Å². The Morgan fingerprint density at radius 1 is 1.12 bits per heavy atom. The molecule has 0 radical (unpaired) electrons. The average Bonchev–Trinajstić information content (AvgIpc) is 2.30. The van der Waals surface area contributed by atoms with Gasteiger partial charge in [0.2, 0.25) is 0 Å². The molecule has 1 rings (SSSR count). The first-order valence-corrected chi connectivity index (χ1v) is 6.07. The molecule has 0 saturated heterocycles. The molecule has 2 nitrogen and oxygen atoms in total. The first kappa shape index (κ1) is 14.4. The summed E-state index contributed by atoms with van der Waals surface area (Å²) < 4.78 is 26.5. The lowest BCUT2D eigenvalue weighted by atomic mass is 10.2. The van der Waals surface area contributed by atoms with Gasteiger partial charge in [-0.15, -0.1) is 0 Å². The third kappa shape index (κ3) is 4.98. The predicted molar refractivity (Wildman–Crippen MR) is 66.2 cm³/mol. The van der Waals surface area contributed by atoms with E-state index in [0.717, 1.165) is 38.2 Å². The van der Waals surface area contributed by atoms with Gasteiger partial charge in [-0.05, 0) is 38.2 Å². The summed E-state index contributed by atoms with van der Waals surface area (Å²) in [4.78, 5) is 0. The normalized spacial score (nSPS) is 10.8. The largest absolute Gasteiger partial charge is 0.317 e. The third-order valence-corrected chi connectivity index (χ3v) is 2.65. The maximum absolute atomic E-state index is 13.4. The van der Waals surface area contributed by atoms with Gasteiger partial charge in [-0.3, -0.25) is 0 Å². The van der Waals surface area contributed by atoms with E-state index < -0.39 is 11.6 Å². The maximum Gasteiger partial charge on any atom is 0.142 e. The van der Waals surface area contributed by atoms with Crippen LogP contribution in [0.15, 0.2) is 12.1 Å². The van der Waals surface area contributed by atoms with E-state index in [1.807, 2.05) is 6.92 Å². The summed E-state index contributed by atoms with van der Waals surface area (Å²) in [6.07, 6.45) is 0.950. The lowest BCUT2D eigenvalue weighted by Crippen LogP contribution is -2.21. The zero-order valence-electron chi connectivity index (χ0n) is 9.82. The molecule has 5 heteroatoms. The molecule has 96 valence electrons. The van der Waals surface area contributed by atoms with Crippen LogP contribution in [0.2, 0.25) is 5.02 Å². The van der Waals surface area contributed by atoms with Crippen LogP contribution in [0.3, 0.4) is 0 Å². The second-order valence-electron chi connectivity index (χ2n) is 3.74. The highest BCUT2D eigenvalue weighted by atomic mass is 35.5. The predicted octanol–water partition coefficient (Wildman–Crippen LogP) is 2.71. The fraction of sp³-hybridized carbons (Fsp3) is 0.500. The Kier molecular flexibility index (Phi) is 6.40. The van der Waals surface area contributed by atoms with Crippen molar-refractivity contribution in [3.8, 4) is 0 Å².